The molecule has 1 saturated heterocycles. The van der Waals surface area contributed by atoms with Crippen LogP contribution in [0.15, 0.2) is 0 Å². The Morgan fingerprint density at radius 2 is 1.88 bits per heavy atom. The first kappa shape index (κ1) is 10.6. The maximum atomic E-state index is 11.9. The summed E-state index contributed by atoms with van der Waals surface area (Å²) in [4.78, 5) is 11.9. The predicted octanol–water partition coefficient (Wildman–Crippen LogP) is 3.01. The number of ether oxygens (including phenoxy) is 1. The van der Waals surface area contributed by atoms with Crippen molar-refractivity contribution in [3.8, 4) is 0 Å². The van der Waals surface area contributed by atoms with E-state index >= 15 is 0 Å². The lowest BCUT2D eigenvalue weighted by Gasteiger charge is -2.59. The van der Waals surface area contributed by atoms with Crippen molar-refractivity contribution in [2.75, 3.05) is 6.61 Å². The van der Waals surface area contributed by atoms with Crippen LogP contribution >= 0.6 is 0 Å². The molecule has 0 aromatic carbocycles. The van der Waals surface area contributed by atoms with E-state index in [9.17, 15) is 4.79 Å². The number of cyclic esters (lactones) is 1. The van der Waals surface area contributed by atoms with Crippen molar-refractivity contribution in [2.45, 2.75) is 46.5 Å². The van der Waals surface area contributed by atoms with Gasteiger partial charge in [0, 0.05) is 5.92 Å². The van der Waals surface area contributed by atoms with E-state index in [2.05, 4.69) is 20.8 Å². The summed E-state index contributed by atoms with van der Waals surface area (Å²) in [5.41, 5.74) is 0.642. The van der Waals surface area contributed by atoms with Crippen LogP contribution in [0, 0.1) is 28.6 Å². The molecule has 16 heavy (non-hydrogen) atoms. The van der Waals surface area contributed by atoms with E-state index in [1.165, 1.54) is 25.7 Å². The Kier molecular flexibility index (Phi) is 2.01. The molecular weight excluding hydrogens is 200 g/mol. The summed E-state index contributed by atoms with van der Waals surface area (Å²) in [6, 6.07) is 0. The fraction of sp³-hybridized carbons (Fsp3) is 0.929. The van der Waals surface area contributed by atoms with E-state index in [1.807, 2.05) is 0 Å². The number of fused-ring (bicyclic) bond motifs is 2. The summed E-state index contributed by atoms with van der Waals surface area (Å²) in [5, 5.41) is 0. The van der Waals surface area contributed by atoms with E-state index < -0.39 is 0 Å². The number of rotatable bonds is 1. The van der Waals surface area contributed by atoms with Crippen LogP contribution in [0.4, 0.5) is 0 Å². The van der Waals surface area contributed by atoms with Crippen LogP contribution in [-0.4, -0.2) is 12.6 Å². The second-order valence-corrected chi connectivity index (χ2v) is 6.76. The molecule has 0 amide bonds. The first-order chi connectivity index (χ1) is 7.50. The lowest BCUT2D eigenvalue weighted by Crippen LogP contribution is -2.55. The fourth-order valence-corrected chi connectivity index (χ4v) is 4.76. The fourth-order valence-electron chi connectivity index (χ4n) is 4.76. The second kappa shape index (κ2) is 3.02. The van der Waals surface area contributed by atoms with Gasteiger partial charge in [0.25, 0.3) is 0 Å². The van der Waals surface area contributed by atoms with E-state index in [-0.39, 0.29) is 17.3 Å². The van der Waals surface area contributed by atoms with Gasteiger partial charge in [-0.25, -0.2) is 0 Å². The zero-order chi connectivity index (χ0) is 11.6. The van der Waals surface area contributed by atoms with Gasteiger partial charge in [-0.05, 0) is 42.4 Å². The molecular formula is C14H22O2. The van der Waals surface area contributed by atoms with Gasteiger partial charge in [-0.3, -0.25) is 4.79 Å². The molecule has 2 nitrogen and oxygen atoms in total. The molecule has 90 valence electrons. The standard InChI is InChI=1S/C14H22O2/c1-9(2)14-6-4-13(3,5-7-14)11-10(14)8-16-12(11)15/h9-11H,4-8H2,1-3H3. The van der Waals surface area contributed by atoms with Crippen molar-refractivity contribution in [3.63, 3.8) is 0 Å². The third kappa shape index (κ3) is 1.06. The van der Waals surface area contributed by atoms with Gasteiger partial charge in [-0.15, -0.1) is 0 Å². The summed E-state index contributed by atoms with van der Waals surface area (Å²) in [7, 11) is 0. The Morgan fingerprint density at radius 1 is 1.25 bits per heavy atom. The summed E-state index contributed by atoms with van der Waals surface area (Å²) in [5.74, 6) is 1.49. The number of carbonyl (C=O) groups excluding carboxylic acids is 1. The van der Waals surface area contributed by atoms with Crippen LogP contribution in [0.5, 0.6) is 0 Å². The van der Waals surface area contributed by atoms with Crippen molar-refractivity contribution in [1.29, 1.82) is 0 Å². The molecule has 2 unspecified atom stereocenters. The monoisotopic (exact) mass is 222 g/mol. The Hall–Kier alpha value is -0.530. The Bertz CT molecular complexity index is 324. The molecule has 3 aliphatic carbocycles. The van der Waals surface area contributed by atoms with Crippen LogP contribution in [0.2, 0.25) is 0 Å². The van der Waals surface area contributed by atoms with Crippen molar-refractivity contribution in [3.05, 3.63) is 0 Å². The molecule has 2 heteroatoms. The topological polar surface area (TPSA) is 26.3 Å². The summed E-state index contributed by atoms with van der Waals surface area (Å²) in [6.45, 7) is 7.65. The third-order valence-corrected chi connectivity index (χ3v) is 6.02. The van der Waals surface area contributed by atoms with Crippen molar-refractivity contribution in [1.82, 2.24) is 0 Å². The molecule has 1 aliphatic heterocycles. The molecule has 0 spiro atoms. The largest absolute Gasteiger partial charge is 0.465 e. The summed E-state index contributed by atoms with van der Waals surface area (Å²) < 4.78 is 5.38. The van der Waals surface area contributed by atoms with Crippen LogP contribution in [0.25, 0.3) is 0 Å². The smallest absolute Gasteiger partial charge is 0.309 e. The van der Waals surface area contributed by atoms with Crippen molar-refractivity contribution in [2.24, 2.45) is 28.6 Å². The number of esters is 1. The molecule has 2 bridgehead atoms. The maximum Gasteiger partial charge on any atom is 0.309 e. The van der Waals surface area contributed by atoms with E-state index in [4.69, 9.17) is 4.74 Å². The second-order valence-electron chi connectivity index (χ2n) is 6.76. The van der Waals surface area contributed by atoms with Crippen LogP contribution in [0.1, 0.15) is 46.5 Å². The number of hydrogen-bond acceptors (Lipinski definition) is 2. The van der Waals surface area contributed by atoms with Gasteiger partial charge in [-0.1, -0.05) is 20.8 Å². The number of hydrogen-bond donors (Lipinski definition) is 0. The quantitative estimate of drug-likeness (QED) is 0.637. The SMILES string of the molecule is CC(C)C12CCC(C)(CC1)C1C(=O)OCC12. The molecule has 2 atom stereocenters. The van der Waals surface area contributed by atoms with E-state index in [0.717, 1.165) is 0 Å². The minimum Gasteiger partial charge on any atom is -0.465 e. The molecule has 0 aromatic heterocycles. The highest BCUT2D eigenvalue weighted by molar-refractivity contribution is 5.76. The average Bonchev–Trinajstić information content (AvgIpc) is 2.64. The highest BCUT2D eigenvalue weighted by Crippen LogP contribution is 2.66. The molecule has 4 rings (SSSR count). The Labute approximate surface area is 97.7 Å². The van der Waals surface area contributed by atoms with Gasteiger partial charge in [0.05, 0.1) is 12.5 Å². The Balaban J connectivity index is 2.04. The third-order valence-electron chi connectivity index (χ3n) is 6.02. The first-order valence-electron chi connectivity index (χ1n) is 6.66. The highest BCUT2D eigenvalue weighted by Gasteiger charge is 2.64. The molecule has 4 aliphatic rings. The summed E-state index contributed by atoms with van der Waals surface area (Å²) >= 11 is 0. The van der Waals surface area contributed by atoms with Gasteiger partial charge in [0.15, 0.2) is 0 Å². The normalized spacial score (nSPS) is 50.6. The maximum absolute atomic E-state index is 11.9. The van der Waals surface area contributed by atoms with Crippen LogP contribution in [0.3, 0.4) is 0 Å². The van der Waals surface area contributed by atoms with Gasteiger partial charge < -0.3 is 4.74 Å². The Morgan fingerprint density at radius 3 is 2.44 bits per heavy atom. The summed E-state index contributed by atoms with van der Waals surface area (Å²) in [6.07, 6.45) is 5.06. The van der Waals surface area contributed by atoms with Crippen LogP contribution < -0.4 is 0 Å². The van der Waals surface area contributed by atoms with Crippen molar-refractivity contribution >= 4 is 5.97 Å². The minimum absolute atomic E-state index is 0.0944. The number of carbonyl (C=O) groups is 1. The first-order valence-corrected chi connectivity index (χ1v) is 6.66. The predicted molar refractivity (Wildman–Crippen MR) is 61.8 cm³/mol. The lowest BCUT2D eigenvalue weighted by atomic mass is 9.43. The van der Waals surface area contributed by atoms with Gasteiger partial charge >= 0.3 is 5.97 Å². The molecule has 4 fully saturated rings. The zero-order valence-electron chi connectivity index (χ0n) is 10.6. The lowest BCUT2D eigenvalue weighted by molar-refractivity contribution is -0.154. The average molecular weight is 222 g/mol. The molecule has 1 heterocycles. The van der Waals surface area contributed by atoms with E-state index in [1.54, 1.807) is 0 Å². The van der Waals surface area contributed by atoms with Crippen molar-refractivity contribution < 1.29 is 9.53 Å². The van der Waals surface area contributed by atoms with Crippen LogP contribution in [-0.2, 0) is 9.53 Å². The molecule has 0 aromatic rings. The van der Waals surface area contributed by atoms with E-state index in [0.29, 0.717) is 23.9 Å². The molecule has 0 radical (unpaired) electrons. The van der Waals surface area contributed by atoms with Gasteiger partial charge in [-0.2, -0.15) is 0 Å². The minimum atomic E-state index is 0.0944. The van der Waals surface area contributed by atoms with Gasteiger partial charge in [0.2, 0.25) is 0 Å². The molecule has 0 N–H and O–H groups in total. The highest BCUT2D eigenvalue weighted by atomic mass is 16.5. The molecule has 3 saturated carbocycles. The van der Waals surface area contributed by atoms with Gasteiger partial charge in [0.1, 0.15) is 0 Å². The zero-order valence-corrected chi connectivity index (χ0v) is 10.6.